The quantitative estimate of drug-likeness (QED) is 0.900. The minimum Gasteiger partial charge on any atom is -0.395 e. The smallest absolute Gasteiger partial charge is 0.391 e. The van der Waals surface area contributed by atoms with Crippen LogP contribution in [0.2, 0.25) is 0 Å². The number of amides is 1. The molecule has 1 aromatic carbocycles. The fourth-order valence-corrected chi connectivity index (χ4v) is 3.16. The molecule has 0 bridgehead atoms. The molecule has 1 N–H and O–H groups in total. The molecule has 1 fully saturated rings. The molecule has 1 aliphatic carbocycles. The molecule has 2 atom stereocenters. The van der Waals surface area contributed by atoms with E-state index in [1.165, 1.54) is 4.90 Å². The molecular formula is C17H22F3NO2. The number of hydrogen-bond donors (Lipinski definition) is 1. The summed E-state index contributed by atoms with van der Waals surface area (Å²) in [6, 6.07) is 9.26. The zero-order valence-corrected chi connectivity index (χ0v) is 12.9. The van der Waals surface area contributed by atoms with E-state index in [2.05, 4.69) is 0 Å². The third kappa shape index (κ3) is 4.96. The third-order valence-electron chi connectivity index (χ3n) is 4.38. The molecule has 0 aliphatic heterocycles. The van der Waals surface area contributed by atoms with Crippen LogP contribution < -0.4 is 0 Å². The van der Waals surface area contributed by atoms with E-state index in [0.717, 1.165) is 5.56 Å². The van der Waals surface area contributed by atoms with E-state index < -0.39 is 18.0 Å². The lowest BCUT2D eigenvalue weighted by Crippen LogP contribution is -2.41. The van der Waals surface area contributed by atoms with Crippen LogP contribution in [0.1, 0.15) is 31.2 Å². The third-order valence-corrected chi connectivity index (χ3v) is 4.38. The van der Waals surface area contributed by atoms with Crippen molar-refractivity contribution in [3.63, 3.8) is 0 Å². The standard InChI is InChI=1S/C17H22F3NO2/c18-17(19,20)15-8-4-7-14(11-15)16(23)21(9-10-22)12-13-5-2-1-3-6-13/h1-3,5-6,14-15,22H,4,7-12H2. The predicted octanol–water partition coefficient (Wildman–Crippen LogP) is 3.38. The molecule has 23 heavy (non-hydrogen) atoms. The maximum Gasteiger partial charge on any atom is 0.391 e. The maximum absolute atomic E-state index is 12.9. The molecule has 3 nitrogen and oxygen atoms in total. The summed E-state index contributed by atoms with van der Waals surface area (Å²) in [6.45, 7) is 0.252. The van der Waals surface area contributed by atoms with Gasteiger partial charge in [-0.2, -0.15) is 13.2 Å². The van der Waals surface area contributed by atoms with Crippen LogP contribution in [-0.2, 0) is 11.3 Å². The summed E-state index contributed by atoms with van der Waals surface area (Å²) in [7, 11) is 0. The van der Waals surface area contributed by atoms with Crippen molar-refractivity contribution in [3.8, 4) is 0 Å². The number of nitrogens with zero attached hydrogens (tertiary/aromatic N) is 1. The molecule has 1 saturated carbocycles. The minimum absolute atomic E-state index is 0.103. The number of benzene rings is 1. The van der Waals surface area contributed by atoms with Gasteiger partial charge in [-0.05, 0) is 24.8 Å². The van der Waals surface area contributed by atoms with Gasteiger partial charge in [0.2, 0.25) is 5.91 Å². The number of alkyl halides is 3. The summed E-state index contributed by atoms with van der Waals surface area (Å²) < 4.78 is 38.7. The second kappa shape index (κ2) is 7.81. The van der Waals surface area contributed by atoms with Crippen LogP contribution in [0.15, 0.2) is 30.3 Å². The average Bonchev–Trinajstić information content (AvgIpc) is 2.54. The maximum atomic E-state index is 12.9. The van der Waals surface area contributed by atoms with Crippen LogP contribution in [0.25, 0.3) is 0 Å². The molecule has 2 rings (SSSR count). The van der Waals surface area contributed by atoms with Crippen molar-refractivity contribution in [2.24, 2.45) is 11.8 Å². The molecule has 6 heteroatoms. The molecule has 1 aromatic rings. The summed E-state index contributed by atoms with van der Waals surface area (Å²) in [6.07, 6.45) is -3.37. The van der Waals surface area contributed by atoms with Gasteiger partial charge in [0, 0.05) is 19.0 Å². The Bertz CT molecular complexity index is 504. The SMILES string of the molecule is O=C(C1CCCC(C(F)(F)F)C1)N(CCO)Cc1ccccc1. The van der Waals surface area contributed by atoms with Gasteiger partial charge in [-0.1, -0.05) is 36.8 Å². The van der Waals surface area contributed by atoms with E-state index >= 15 is 0 Å². The van der Waals surface area contributed by atoms with Gasteiger partial charge in [0.25, 0.3) is 0 Å². The first kappa shape index (κ1) is 17.8. The van der Waals surface area contributed by atoms with Crippen molar-refractivity contribution in [1.82, 2.24) is 4.90 Å². The van der Waals surface area contributed by atoms with Crippen LogP contribution in [0.5, 0.6) is 0 Å². The first-order valence-electron chi connectivity index (χ1n) is 7.92. The highest BCUT2D eigenvalue weighted by Crippen LogP contribution is 2.40. The Labute approximate surface area is 134 Å². The number of rotatable bonds is 5. The Kier molecular flexibility index (Phi) is 6.04. The summed E-state index contributed by atoms with van der Waals surface area (Å²) in [5.74, 6) is -2.28. The molecule has 2 unspecified atom stereocenters. The Balaban J connectivity index is 2.05. The number of aliphatic hydroxyl groups excluding tert-OH is 1. The van der Waals surface area contributed by atoms with Gasteiger partial charge in [-0.15, -0.1) is 0 Å². The highest BCUT2D eigenvalue weighted by Gasteiger charge is 2.44. The lowest BCUT2D eigenvalue weighted by molar-refractivity contribution is -0.187. The van der Waals surface area contributed by atoms with Crippen LogP contribution >= 0.6 is 0 Å². The van der Waals surface area contributed by atoms with E-state index in [0.29, 0.717) is 19.4 Å². The lowest BCUT2D eigenvalue weighted by Gasteiger charge is -2.33. The second-order valence-corrected chi connectivity index (χ2v) is 6.07. The number of carbonyl (C=O) groups excluding carboxylic acids is 1. The van der Waals surface area contributed by atoms with Gasteiger partial charge in [0.15, 0.2) is 0 Å². The average molecular weight is 329 g/mol. The van der Waals surface area contributed by atoms with Crippen molar-refractivity contribution in [3.05, 3.63) is 35.9 Å². The summed E-state index contributed by atoms with van der Waals surface area (Å²) in [4.78, 5) is 14.1. The first-order chi connectivity index (χ1) is 10.9. The van der Waals surface area contributed by atoms with Crippen molar-refractivity contribution in [1.29, 1.82) is 0 Å². The van der Waals surface area contributed by atoms with Gasteiger partial charge in [0.1, 0.15) is 0 Å². The van der Waals surface area contributed by atoms with Crippen LogP contribution in [-0.4, -0.2) is 35.2 Å². The Hall–Kier alpha value is -1.56. The first-order valence-corrected chi connectivity index (χ1v) is 7.92. The Morgan fingerprint density at radius 3 is 2.52 bits per heavy atom. The van der Waals surface area contributed by atoms with Crippen LogP contribution in [0, 0.1) is 11.8 Å². The fraction of sp³-hybridized carbons (Fsp3) is 0.588. The topological polar surface area (TPSA) is 40.5 Å². The number of carbonyl (C=O) groups is 1. The largest absolute Gasteiger partial charge is 0.395 e. The molecule has 1 amide bonds. The highest BCUT2D eigenvalue weighted by atomic mass is 19.4. The van der Waals surface area contributed by atoms with E-state index in [1.807, 2.05) is 30.3 Å². The van der Waals surface area contributed by atoms with Gasteiger partial charge in [-0.3, -0.25) is 4.79 Å². The molecule has 0 spiro atoms. The number of aliphatic hydroxyl groups is 1. The van der Waals surface area contributed by atoms with E-state index in [9.17, 15) is 18.0 Å². The zero-order valence-electron chi connectivity index (χ0n) is 12.9. The van der Waals surface area contributed by atoms with Crippen LogP contribution in [0.3, 0.4) is 0 Å². The van der Waals surface area contributed by atoms with Gasteiger partial charge < -0.3 is 10.0 Å². The normalized spacial score (nSPS) is 21.9. The van der Waals surface area contributed by atoms with E-state index in [-0.39, 0.29) is 31.9 Å². The predicted molar refractivity (Wildman–Crippen MR) is 80.4 cm³/mol. The highest BCUT2D eigenvalue weighted by molar-refractivity contribution is 5.79. The Morgan fingerprint density at radius 1 is 1.22 bits per heavy atom. The lowest BCUT2D eigenvalue weighted by atomic mass is 9.80. The van der Waals surface area contributed by atoms with Crippen molar-refractivity contribution < 1.29 is 23.1 Å². The second-order valence-electron chi connectivity index (χ2n) is 6.07. The van der Waals surface area contributed by atoms with Gasteiger partial charge in [0.05, 0.1) is 12.5 Å². The minimum atomic E-state index is -4.24. The van der Waals surface area contributed by atoms with E-state index in [1.54, 1.807) is 0 Å². The zero-order chi connectivity index (χ0) is 16.9. The Morgan fingerprint density at radius 2 is 1.91 bits per heavy atom. The molecular weight excluding hydrogens is 307 g/mol. The van der Waals surface area contributed by atoms with Crippen molar-refractivity contribution >= 4 is 5.91 Å². The summed E-state index contributed by atoms with van der Waals surface area (Å²) >= 11 is 0. The van der Waals surface area contributed by atoms with Crippen molar-refractivity contribution in [2.45, 2.75) is 38.4 Å². The molecule has 0 radical (unpaired) electrons. The van der Waals surface area contributed by atoms with Crippen LogP contribution in [0.4, 0.5) is 13.2 Å². The molecule has 1 aliphatic rings. The fourth-order valence-electron chi connectivity index (χ4n) is 3.16. The van der Waals surface area contributed by atoms with E-state index in [4.69, 9.17) is 5.11 Å². The molecule has 128 valence electrons. The number of hydrogen-bond acceptors (Lipinski definition) is 2. The molecule has 0 saturated heterocycles. The van der Waals surface area contributed by atoms with Crippen molar-refractivity contribution in [2.75, 3.05) is 13.2 Å². The number of halogens is 3. The monoisotopic (exact) mass is 329 g/mol. The molecule has 0 heterocycles. The van der Waals surface area contributed by atoms with Gasteiger partial charge in [-0.25, -0.2) is 0 Å². The summed E-state index contributed by atoms with van der Waals surface area (Å²) in [5.41, 5.74) is 0.900. The van der Waals surface area contributed by atoms with Gasteiger partial charge >= 0.3 is 6.18 Å². The molecule has 0 aromatic heterocycles. The summed E-state index contributed by atoms with van der Waals surface area (Å²) in [5, 5.41) is 9.17.